The van der Waals surface area contributed by atoms with E-state index in [2.05, 4.69) is 9.97 Å². The zero-order chi connectivity index (χ0) is 15.5. The van der Waals surface area contributed by atoms with Crippen LogP contribution in [-0.2, 0) is 6.18 Å². The van der Waals surface area contributed by atoms with Gasteiger partial charge in [-0.2, -0.15) is 18.2 Å². The minimum Gasteiger partial charge on any atom is -0.497 e. The number of benzene rings is 1. The molecule has 0 bridgehead atoms. The van der Waals surface area contributed by atoms with Crippen molar-refractivity contribution in [1.29, 1.82) is 0 Å². The number of ether oxygens (including phenoxy) is 2. The monoisotopic (exact) mass is 300 g/mol. The topological polar surface area (TPSA) is 82.3 Å². The fourth-order valence-corrected chi connectivity index (χ4v) is 1.46. The van der Waals surface area contributed by atoms with Crippen molar-refractivity contribution in [2.45, 2.75) is 6.18 Å². The summed E-state index contributed by atoms with van der Waals surface area (Å²) in [5, 5.41) is 0. The van der Waals surface area contributed by atoms with Gasteiger partial charge in [-0.1, -0.05) is 6.07 Å². The Balaban J connectivity index is 2.34. The van der Waals surface area contributed by atoms with Gasteiger partial charge in [-0.3, -0.25) is 0 Å². The third-order valence-corrected chi connectivity index (χ3v) is 2.37. The second kappa shape index (κ2) is 5.83. The van der Waals surface area contributed by atoms with Gasteiger partial charge in [-0.15, -0.1) is 0 Å². The Morgan fingerprint density at radius 2 is 1.86 bits per heavy atom. The van der Waals surface area contributed by atoms with Crippen LogP contribution in [0, 0.1) is 0 Å². The molecule has 21 heavy (non-hydrogen) atoms. The highest BCUT2D eigenvalue weighted by Crippen LogP contribution is 2.30. The third-order valence-electron chi connectivity index (χ3n) is 2.37. The van der Waals surface area contributed by atoms with Crippen molar-refractivity contribution in [3.63, 3.8) is 0 Å². The summed E-state index contributed by atoms with van der Waals surface area (Å²) >= 11 is 0. The Hall–Kier alpha value is -2.55. The van der Waals surface area contributed by atoms with Crippen molar-refractivity contribution < 1.29 is 22.6 Å². The van der Waals surface area contributed by atoms with E-state index in [-0.39, 0.29) is 17.4 Å². The number of aromatic nitrogens is 2. The molecule has 0 spiro atoms. The van der Waals surface area contributed by atoms with Crippen molar-refractivity contribution in [3.8, 4) is 17.4 Å². The Kier molecular flexibility index (Phi) is 4.13. The molecule has 0 unspecified atom stereocenters. The Morgan fingerprint density at radius 3 is 2.48 bits per heavy atom. The van der Waals surface area contributed by atoms with Crippen LogP contribution in [0.5, 0.6) is 17.4 Å². The molecule has 112 valence electrons. The summed E-state index contributed by atoms with van der Waals surface area (Å²) < 4.78 is 48.3. The minimum absolute atomic E-state index is 0.213. The number of anilines is 1. The highest BCUT2D eigenvalue weighted by Gasteiger charge is 2.35. The molecule has 0 saturated carbocycles. The van der Waals surface area contributed by atoms with Gasteiger partial charge in [0, 0.05) is 12.1 Å². The first-order chi connectivity index (χ1) is 9.92. The number of nitrogens with one attached hydrogen (secondary N) is 1. The number of methoxy groups -OCH3 is 1. The fraction of sp³-hybridized carbons (Fsp3) is 0.167. The van der Waals surface area contributed by atoms with Gasteiger partial charge < -0.3 is 14.9 Å². The van der Waals surface area contributed by atoms with Gasteiger partial charge in [0.1, 0.15) is 17.3 Å². The largest absolute Gasteiger partial charge is 0.497 e. The molecule has 9 heteroatoms. The summed E-state index contributed by atoms with van der Waals surface area (Å²) in [7, 11) is 1.46. The number of rotatable bonds is 4. The highest BCUT2D eigenvalue weighted by atomic mass is 19.4. The van der Waals surface area contributed by atoms with Crippen LogP contribution in [0.2, 0.25) is 0 Å². The molecule has 2 aromatic rings. The molecular formula is C12H11F3N4O2. The Morgan fingerprint density at radius 1 is 1.14 bits per heavy atom. The molecule has 0 aliphatic rings. The molecule has 0 atom stereocenters. The second-order valence-corrected chi connectivity index (χ2v) is 3.84. The van der Waals surface area contributed by atoms with Crippen molar-refractivity contribution in [2.24, 2.45) is 5.84 Å². The number of hydrogen-bond acceptors (Lipinski definition) is 6. The van der Waals surface area contributed by atoms with Gasteiger partial charge in [0.05, 0.1) is 7.11 Å². The molecule has 0 aliphatic heterocycles. The first-order valence-electron chi connectivity index (χ1n) is 5.67. The lowest BCUT2D eigenvalue weighted by Crippen LogP contribution is -2.16. The molecule has 0 saturated heterocycles. The van der Waals surface area contributed by atoms with Crippen LogP contribution in [0.1, 0.15) is 5.82 Å². The number of nitrogens with zero attached hydrogens (tertiary/aromatic N) is 2. The molecule has 3 N–H and O–H groups in total. The number of halogens is 3. The number of nitrogen functional groups attached to an aromatic ring is 1. The first-order valence-corrected chi connectivity index (χ1v) is 5.67. The van der Waals surface area contributed by atoms with Gasteiger partial charge >= 0.3 is 6.18 Å². The zero-order valence-electron chi connectivity index (χ0n) is 10.8. The predicted octanol–water partition coefficient (Wildman–Crippen LogP) is 2.58. The summed E-state index contributed by atoms with van der Waals surface area (Å²) in [5.41, 5.74) is 2.03. The molecule has 1 heterocycles. The van der Waals surface area contributed by atoms with E-state index in [0.717, 1.165) is 6.07 Å². The Bertz CT molecular complexity index is 634. The standard InChI is InChI=1S/C12H11F3N4O2/c1-20-7-3-2-4-8(5-7)21-10-6-9(19-16)17-11(18-10)12(13,14)15/h2-6H,16H2,1H3,(H,17,18,19). The van der Waals surface area contributed by atoms with Crippen LogP contribution in [0.25, 0.3) is 0 Å². The molecule has 2 rings (SSSR count). The second-order valence-electron chi connectivity index (χ2n) is 3.84. The lowest BCUT2D eigenvalue weighted by atomic mass is 10.3. The van der Waals surface area contributed by atoms with Crippen molar-refractivity contribution in [2.75, 3.05) is 12.5 Å². The zero-order valence-corrected chi connectivity index (χ0v) is 10.8. The SMILES string of the molecule is COc1cccc(Oc2cc(NN)nc(C(F)(F)F)n2)c1. The molecule has 1 aromatic carbocycles. The number of nitrogens with two attached hydrogens (primary N) is 1. The van der Waals surface area contributed by atoms with Gasteiger partial charge in [0.2, 0.25) is 11.7 Å². The average Bonchev–Trinajstić information content (AvgIpc) is 2.46. The Labute approximate surface area is 117 Å². The van der Waals surface area contributed by atoms with E-state index in [0.29, 0.717) is 5.75 Å². The van der Waals surface area contributed by atoms with Gasteiger partial charge in [0.15, 0.2) is 0 Å². The average molecular weight is 300 g/mol. The molecule has 0 radical (unpaired) electrons. The number of hydrogen-bond donors (Lipinski definition) is 2. The third kappa shape index (κ3) is 3.72. The van der Waals surface area contributed by atoms with E-state index in [1.807, 2.05) is 5.43 Å². The molecule has 6 nitrogen and oxygen atoms in total. The predicted molar refractivity (Wildman–Crippen MR) is 67.9 cm³/mol. The summed E-state index contributed by atoms with van der Waals surface area (Å²) in [5.74, 6) is 3.99. The number of hydrazine groups is 1. The molecule has 1 aromatic heterocycles. The number of alkyl halides is 3. The maximum absolute atomic E-state index is 12.7. The van der Waals surface area contributed by atoms with Gasteiger partial charge in [-0.05, 0) is 12.1 Å². The summed E-state index contributed by atoms with van der Waals surface area (Å²) in [4.78, 5) is 6.53. The fourth-order valence-electron chi connectivity index (χ4n) is 1.46. The van der Waals surface area contributed by atoms with Crippen LogP contribution in [0.4, 0.5) is 19.0 Å². The smallest absolute Gasteiger partial charge is 0.451 e. The summed E-state index contributed by atoms with van der Waals surface area (Å²) in [6.07, 6.45) is -4.71. The molecular weight excluding hydrogens is 289 g/mol. The van der Waals surface area contributed by atoms with E-state index in [4.69, 9.17) is 15.3 Å². The van der Waals surface area contributed by atoms with E-state index in [1.54, 1.807) is 18.2 Å². The maximum Gasteiger partial charge on any atom is 0.451 e. The highest BCUT2D eigenvalue weighted by molar-refractivity contribution is 5.40. The maximum atomic E-state index is 12.7. The molecule has 0 aliphatic carbocycles. The van der Waals surface area contributed by atoms with E-state index in [1.165, 1.54) is 13.2 Å². The van der Waals surface area contributed by atoms with Gasteiger partial charge in [0.25, 0.3) is 0 Å². The summed E-state index contributed by atoms with van der Waals surface area (Å²) in [6, 6.07) is 7.50. The van der Waals surface area contributed by atoms with Crippen molar-refractivity contribution >= 4 is 5.82 Å². The first kappa shape index (κ1) is 14.9. The van der Waals surface area contributed by atoms with Crippen LogP contribution in [0.3, 0.4) is 0 Å². The summed E-state index contributed by atoms with van der Waals surface area (Å²) in [6.45, 7) is 0. The molecule has 0 fully saturated rings. The normalized spacial score (nSPS) is 11.1. The van der Waals surface area contributed by atoms with E-state index >= 15 is 0 Å². The minimum atomic E-state index is -4.71. The quantitative estimate of drug-likeness (QED) is 0.667. The van der Waals surface area contributed by atoms with Gasteiger partial charge in [-0.25, -0.2) is 10.8 Å². The van der Waals surface area contributed by atoms with Crippen LogP contribution in [-0.4, -0.2) is 17.1 Å². The van der Waals surface area contributed by atoms with Crippen LogP contribution >= 0.6 is 0 Å². The molecule has 0 amide bonds. The lowest BCUT2D eigenvalue weighted by Gasteiger charge is -2.11. The lowest BCUT2D eigenvalue weighted by molar-refractivity contribution is -0.145. The van der Waals surface area contributed by atoms with Crippen molar-refractivity contribution in [3.05, 3.63) is 36.2 Å². The van der Waals surface area contributed by atoms with E-state index < -0.39 is 12.0 Å². The van der Waals surface area contributed by atoms with Crippen molar-refractivity contribution in [1.82, 2.24) is 9.97 Å². The van der Waals surface area contributed by atoms with Crippen LogP contribution in [0.15, 0.2) is 30.3 Å². The van der Waals surface area contributed by atoms with Crippen LogP contribution < -0.4 is 20.7 Å². The van der Waals surface area contributed by atoms with E-state index in [9.17, 15) is 13.2 Å².